The first-order valence-corrected chi connectivity index (χ1v) is 5.87. The average molecular weight is 200 g/mol. The van der Waals surface area contributed by atoms with E-state index in [9.17, 15) is 0 Å². The van der Waals surface area contributed by atoms with Crippen LogP contribution in [0.25, 0.3) is 0 Å². The Hall–Kier alpha value is -0.120. The van der Waals surface area contributed by atoms with Gasteiger partial charge in [-0.3, -0.25) is 4.90 Å². The maximum Gasteiger partial charge on any atom is 0.0446 e. The first-order valence-electron chi connectivity index (χ1n) is 5.87. The summed E-state index contributed by atoms with van der Waals surface area (Å²) >= 11 is 0. The van der Waals surface area contributed by atoms with Crippen LogP contribution in [0.5, 0.6) is 0 Å². The Bertz CT molecular complexity index is 152. The molecule has 1 fully saturated rings. The van der Waals surface area contributed by atoms with Crippen LogP contribution in [0.3, 0.4) is 0 Å². The molecule has 0 radical (unpaired) electrons. The zero-order valence-corrected chi connectivity index (χ0v) is 9.50. The molecule has 1 rings (SSSR count). The van der Waals surface area contributed by atoms with Gasteiger partial charge in [-0.15, -0.1) is 0 Å². The number of nitrogens with one attached hydrogen (secondary N) is 1. The van der Waals surface area contributed by atoms with Gasteiger partial charge in [0, 0.05) is 25.2 Å². The molecule has 2 atom stereocenters. The molecule has 1 heterocycles. The summed E-state index contributed by atoms with van der Waals surface area (Å²) in [6.07, 6.45) is 3.32. The van der Waals surface area contributed by atoms with Gasteiger partial charge in [0.2, 0.25) is 0 Å². The number of aliphatic hydroxyl groups excluding tert-OH is 1. The van der Waals surface area contributed by atoms with E-state index >= 15 is 0 Å². The Morgan fingerprint density at radius 1 is 1.50 bits per heavy atom. The first-order chi connectivity index (χ1) is 6.79. The van der Waals surface area contributed by atoms with Crippen LogP contribution in [0.15, 0.2) is 0 Å². The standard InChI is InChI=1S/C11H24N2O/c1-3-7-13-10(2)4-6-12-9-11(13)5-8-14/h10-12,14H,3-9H2,1-2H3. The lowest BCUT2D eigenvalue weighted by Gasteiger charge is -2.33. The molecule has 2 N–H and O–H groups in total. The molecule has 0 aromatic heterocycles. The van der Waals surface area contributed by atoms with E-state index in [1.54, 1.807) is 0 Å². The van der Waals surface area contributed by atoms with Crippen molar-refractivity contribution in [2.75, 3.05) is 26.2 Å². The number of rotatable bonds is 4. The summed E-state index contributed by atoms with van der Waals surface area (Å²) < 4.78 is 0. The van der Waals surface area contributed by atoms with Crippen molar-refractivity contribution >= 4 is 0 Å². The van der Waals surface area contributed by atoms with Gasteiger partial charge in [0.15, 0.2) is 0 Å². The highest BCUT2D eigenvalue weighted by Crippen LogP contribution is 2.14. The van der Waals surface area contributed by atoms with Crippen molar-refractivity contribution in [2.24, 2.45) is 0 Å². The topological polar surface area (TPSA) is 35.5 Å². The van der Waals surface area contributed by atoms with Crippen molar-refractivity contribution < 1.29 is 5.11 Å². The minimum absolute atomic E-state index is 0.305. The van der Waals surface area contributed by atoms with Gasteiger partial charge >= 0.3 is 0 Å². The van der Waals surface area contributed by atoms with Crippen molar-refractivity contribution in [1.29, 1.82) is 0 Å². The summed E-state index contributed by atoms with van der Waals surface area (Å²) in [4.78, 5) is 2.55. The van der Waals surface area contributed by atoms with Gasteiger partial charge in [-0.1, -0.05) is 6.92 Å². The third kappa shape index (κ3) is 3.23. The third-order valence-electron chi connectivity index (χ3n) is 3.10. The number of hydrogen-bond donors (Lipinski definition) is 2. The molecule has 0 saturated carbocycles. The number of nitrogens with zero attached hydrogens (tertiary/aromatic N) is 1. The molecule has 2 unspecified atom stereocenters. The van der Waals surface area contributed by atoms with Crippen LogP contribution in [-0.2, 0) is 0 Å². The van der Waals surface area contributed by atoms with Crippen LogP contribution < -0.4 is 5.32 Å². The lowest BCUT2D eigenvalue weighted by Crippen LogP contribution is -2.44. The van der Waals surface area contributed by atoms with Crippen LogP contribution in [0.2, 0.25) is 0 Å². The van der Waals surface area contributed by atoms with Gasteiger partial charge in [-0.25, -0.2) is 0 Å². The highest BCUT2D eigenvalue weighted by Gasteiger charge is 2.24. The summed E-state index contributed by atoms with van der Waals surface area (Å²) in [5.41, 5.74) is 0. The van der Waals surface area contributed by atoms with Gasteiger partial charge in [-0.2, -0.15) is 0 Å². The third-order valence-corrected chi connectivity index (χ3v) is 3.10. The Balaban J connectivity index is 2.55. The molecule has 0 spiro atoms. The molecule has 0 bridgehead atoms. The molecule has 0 aromatic rings. The second kappa shape index (κ2) is 6.38. The normalized spacial score (nSPS) is 30.2. The molecule has 14 heavy (non-hydrogen) atoms. The van der Waals surface area contributed by atoms with E-state index in [4.69, 9.17) is 5.11 Å². The summed E-state index contributed by atoms with van der Waals surface area (Å²) in [5, 5.41) is 12.5. The first kappa shape index (κ1) is 12.0. The molecule has 1 aliphatic rings. The van der Waals surface area contributed by atoms with Crippen molar-refractivity contribution in [3.63, 3.8) is 0 Å². The minimum atomic E-state index is 0.305. The van der Waals surface area contributed by atoms with Gasteiger partial charge in [0.25, 0.3) is 0 Å². The molecular weight excluding hydrogens is 176 g/mol. The lowest BCUT2D eigenvalue weighted by atomic mass is 10.1. The Morgan fingerprint density at radius 2 is 2.29 bits per heavy atom. The molecule has 3 nitrogen and oxygen atoms in total. The van der Waals surface area contributed by atoms with E-state index in [0.717, 1.165) is 26.1 Å². The van der Waals surface area contributed by atoms with E-state index in [0.29, 0.717) is 18.7 Å². The van der Waals surface area contributed by atoms with Gasteiger partial charge in [0.05, 0.1) is 0 Å². The molecule has 0 amide bonds. The summed E-state index contributed by atoms with van der Waals surface area (Å²) in [6, 6.07) is 1.18. The van der Waals surface area contributed by atoms with Crippen molar-refractivity contribution in [1.82, 2.24) is 10.2 Å². The number of aliphatic hydroxyl groups is 1. The van der Waals surface area contributed by atoms with Gasteiger partial charge < -0.3 is 10.4 Å². The van der Waals surface area contributed by atoms with Crippen LogP contribution in [0, 0.1) is 0 Å². The molecular formula is C11H24N2O. The summed E-state index contributed by atoms with van der Waals surface area (Å²) in [5.74, 6) is 0. The second-order valence-electron chi connectivity index (χ2n) is 4.25. The molecule has 0 aromatic carbocycles. The molecule has 0 aliphatic carbocycles. The number of hydrogen-bond acceptors (Lipinski definition) is 3. The zero-order chi connectivity index (χ0) is 10.4. The largest absolute Gasteiger partial charge is 0.396 e. The Kier molecular flexibility index (Phi) is 5.45. The Morgan fingerprint density at radius 3 is 2.93 bits per heavy atom. The predicted molar refractivity (Wildman–Crippen MR) is 59.4 cm³/mol. The molecule has 3 heteroatoms. The second-order valence-corrected chi connectivity index (χ2v) is 4.25. The van der Waals surface area contributed by atoms with E-state index in [1.807, 2.05) is 0 Å². The van der Waals surface area contributed by atoms with Crippen LogP contribution in [0.4, 0.5) is 0 Å². The van der Waals surface area contributed by atoms with E-state index in [2.05, 4.69) is 24.1 Å². The SMILES string of the molecule is CCCN1C(C)CCNCC1CCO. The van der Waals surface area contributed by atoms with Crippen LogP contribution in [0.1, 0.15) is 33.1 Å². The molecule has 84 valence electrons. The van der Waals surface area contributed by atoms with Crippen molar-refractivity contribution in [2.45, 2.75) is 45.2 Å². The fraction of sp³-hybridized carbons (Fsp3) is 1.00. The minimum Gasteiger partial charge on any atom is -0.396 e. The summed E-state index contributed by atoms with van der Waals surface area (Å²) in [6.45, 7) is 8.13. The fourth-order valence-corrected chi connectivity index (χ4v) is 2.30. The maximum absolute atomic E-state index is 9.03. The lowest BCUT2D eigenvalue weighted by molar-refractivity contribution is 0.126. The van der Waals surface area contributed by atoms with E-state index in [1.165, 1.54) is 12.8 Å². The highest BCUT2D eigenvalue weighted by atomic mass is 16.3. The van der Waals surface area contributed by atoms with E-state index in [-0.39, 0.29) is 0 Å². The molecule has 1 aliphatic heterocycles. The molecule has 1 saturated heterocycles. The van der Waals surface area contributed by atoms with Gasteiger partial charge in [0.1, 0.15) is 0 Å². The highest BCUT2D eigenvalue weighted by molar-refractivity contribution is 4.82. The quantitative estimate of drug-likeness (QED) is 0.705. The van der Waals surface area contributed by atoms with Gasteiger partial charge in [-0.05, 0) is 39.3 Å². The monoisotopic (exact) mass is 200 g/mol. The van der Waals surface area contributed by atoms with Crippen molar-refractivity contribution in [3.8, 4) is 0 Å². The van der Waals surface area contributed by atoms with Crippen LogP contribution in [-0.4, -0.2) is 48.3 Å². The van der Waals surface area contributed by atoms with E-state index < -0.39 is 0 Å². The maximum atomic E-state index is 9.03. The Labute approximate surface area is 87.5 Å². The predicted octanol–water partition coefficient (Wildman–Crippen LogP) is 0.831. The summed E-state index contributed by atoms with van der Waals surface area (Å²) in [7, 11) is 0. The van der Waals surface area contributed by atoms with Crippen LogP contribution >= 0.6 is 0 Å². The smallest absolute Gasteiger partial charge is 0.0446 e. The average Bonchev–Trinajstić information content (AvgIpc) is 2.33. The fourth-order valence-electron chi connectivity index (χ4n) is 2.30. The zero-order valence-electron chi connectivity index (χ0n) is 9.50. The van der Waals surface area contributed by atoms with Crippen molar-refractivity contribution in [3.05, 3.63) is 0 Å².